The van der Waals surface area contributed by atoms with Gasteiger partial charge >= 0.3 is 6.09 Å². The van der Waals surface area contributed by atoms with E-state index < -0.39 is 6.09 Å². The van der Waals surface area contributed by atoms with E-state index in [2.05, 4.69) is 16.0 Å². The third-order valence-corrected chi connectivity index (χ3v) is 3.92. The highest BCUT2D eigenvalue weighted by atomic mass is 16.5. The number of hydrogen-bond acceptors (Lipinski definition) is 5. The predicted octanol–water partition coefficient (Wildman–Crippen LogP) is 1.94. The van der Waals surface area contributed by atoms with Gasteiger partial charge in [0.1, 0.15) is 12.4 Å². The second-order valence-electron chi connectivity index (χ2n) is 6.24. The standard InChI is InChI=1S/C21H25N3O5/c25-18-10-8-17(9-11-18)20(27)23-14-13-22-19(26)7-4-12-24-21(28)29-15-16-5-2-1-3-6-16/h1-3,5-6,8-11,25H,4,7,12-15H2,(H,22,26)(H,23,27)(H,24,28). The molecule has 0 fully saturated rings. The van der Waals surface area contributed by atoms with E-state index >= 15 is 0 Å². The van der Waals surface area contributed by atoms with E-state index in [1.165, 1.54) is 24.3 Å². The van der Waals surface area contributed by atoms with Crippen LogP contribution in [0.15, 0.2) is 54.6 Å². The molecule has 8 heteroatoms. The zero-order chi connectivity index (χ0) is 20.9. The molecule has 29 heavy (non-hydrogen) atoms. The van der Waals surface area contributed by atoms with Crippen LogP contribution in [-0.2, 0) is 16.1 Å². The largest absolute Gasteiger partial charge is 0.508 e. The van der Waals surface area contributed by atoms with Crippen molar-refractivity contribution in [2.75, 3.05) is 19.6 Å². The molecule has 2 aromatic rings. The molecule has 0 aromatic heterocycles. The molecule has 0 aliphatic carbocycles. The number of alkyl carbamates (subject to hydrolysis) is 1. The van der Waals surface area contributed by atoms with Gasteiger partial charge in [-0.3, -0.25) is 9.59 Å². The first-order valence-corrected chi connectivity index (χ1v) is 9.33. The first-order valence-electron chi connectivity index (χ1n) is 9.33. The lowest BCUT2D eigenvalue weighted by Crippen LogP contribution is -2.35. The first kappa shape index (κ1) is 21.7. The lowest BCUT2D eigenvalue weighted by molar-refractivity contribution is -0.121. The molecule has 0 bridgehead atoms. The fourth-order valence-corrected chi connectivity index (χ4v) is 2.39. The molecule has 0 atom stereocenters. The maximum absolute atomic E-state index is 11.9. The Kier molecular flexibility index (Phi) is 9.01. The van der Waals surface area contributed by atoms with Crippen LogP contribution in [0.5, 0.6) is 5.75 Å². The van der Waals surface area contributed by atoms with E-state index in [1.54, 1.807) is 0 Å². The van der Waals surface area contributed by atoms with Crippen LogP contribution in [0.1, 0.15) is 28.8 Å². The van der Waals surface area contributed by atoms with Crippen LogP contribution >= 0.6 is 0 Å². The van der Waals surface area contributed by atoms with Crippen molar-refractivity contribution in [3.8, 4) is 5.75 Å². The highest BCUT2D eigenvalue weighted by molar-refractivity contribution is 5.94. The minimum atomic E-state index is -0.522. The number of phenolic OH excluding ortho intramolecular Hbond substituents is 1. The molecular weight excluding hydrogens is 374 g/mol. The van der Waals surface area contributed by atoms with Gasteiger partial charge in [-0.2, -0.15) is 0 Å². The summed E-state index contributed by atoms with van der Waals surface area (Å²) < 4.78 is 5.08. The second kappa shape index (κ2) is 12.0. The molecule has 2 rings (SSSR count). The quantitative estimate of drug-likeness (QED) is 0.456. The molecule has 4 N–H and O–H groups in total. The summed E-state index contributed by atoms with van der Waals surface area (Å²) in [7, 11) is 0. The first-order chi connectivity index (χ1) is 14.0. The zero-order valence-corrected chi connectivity index (χ0v) is 16.0. The van der Waals surface area contributed by atoms with Crippen molar-refractivity contribution < 1.29 is 24.2 Å². The lowest BCUT2D eigenvalue weighted by atomic mass is 10.2. The summed E-state index contributed by atoms with van der Waals surface area (Å²) in [5.41, 5.74) is 1.33. The SMILES string of the molecule is O=C(CCCNC(=O)OCc1ccccc1)NCCNC(=O)c1ccc(O)cc1. The molecular formula is C21H25N3O5. The van der Waals surface area contributed by atoms with Gasteiger partial charge in [-0.25, -0.2) is 4.79 Å². The predicted molar refractivity (Wildman–Crippen MR) is 107 cm³/mol. The summed E-state index contributed by atoms with van der Waals surface area (Å²) in [4.78, 5) is 35.2. The van der Waals surface area contributed by atoms with Crippen LogP contribution in [0.3, 0.4) is 0 Å². The number of rotatable bonds is 10. The van der Waals surface area contributed by atoms with E-state index in [0.717, 1.165) is 5.56 Å². The monoisotopic (exact) mass is 399 g/mol. The van der Waals surface area contributed by atoms with Crippen molar-refractivity contribution in [2.24, 2.45) is 0 Å². The third-order valence-electron chi connectivity index (χ3n) is 3.92. The van der Waals surface area contributed by atoms with Crippen LogP contribution in [0.4, 0.5) is 4.79 Å². The molecule has 0 aliphatic rings. The van der Waals surface area contributed by atoms with Gasteiger partial charge in [-0.1, -0.05) is 30.3 Å². The van der Waals surface area contributed by atoms with Gasteiger partial charge in [0.15, 0.2) is 0 Å². The minimum Gasteiger partial charge on any atom is -0.508 e. The van der Waals surface area contributed by atoms with E-state index in [0.29, 0.717) is 25.1 Å². The summed E-state index contributed by atoms with van der Waals surface area (Å²) in [5, 5.41) is 17.2. The topological polar surface area (TPSA) is 117 Å². The molecule has 3 amide bonds. The number of amides is 3. The summed E-state index contributed by atoms with van der Waals surface area (Å²) >= 11 is 0. The highest BCUT2D eigenvalue weighted by Gasteiger charge is 2.06. The number of hydrogen-bond donors (Lipinski definition) is 4. The van der Waals surface area contributed by atoms with Gasteiger partial charge in [0.2, 0.25) is 5.91 Å². The Balaban J connectivity index is 1.48. The van der Waals surface area contributed by atoms with Crippen LogP contribution < -0.4 is 16.0 Å². The van der Waals surface area contributed by atoms with E-state index in [9.17, 15) is 19.5 Å². The molecule has 0 saturated carbocycles. The van der Waals surface area contributed by atoms with Crippen LogP contribution in [0.2, 0.25) is 0 Å². The maximum atomic E-state index is 11.9. The lowest BCUT2D eigenvalue weighted by Gasteiger charge is -2.08. The van der Waals surface area contributed by atoms with Gasteiger partial charge in [-0.05, 0) is 36.2 Å². The van der Waals surface area contributed by atoms with E-state index in [1.807, 2.05) is 30.3 Å². The minimum absolute atomic E-state index is 0.0905. The Labute approximate surface area is 169 Å². The van der Waals surface area contributed by atoms with Crippen molar-refractivity contribution in [1.82, 2.24) is 16.0 Å². The number of benzene rings is 2. The van der Waals surface area contributed by atoms with Gasteiger partial charge in [0.25, 0.3) is 5.91 Å². The fourth-order valence-electron chi connectivity index (χ4n) is 2.39. The number of aromatic hydroxyl groups is 1. The molecule has 0 unspecified atom stereocenters. The Morgan fingerprint density at radius 2 is 1.52 bits per heavy atom. The number of ether oxygens (including phenoxy) is 1. The molecule has 0 radical (unpaired) electrons. The molecule has 0 spiro atoms. The van der Waals surface area contributed by atoms with Crippen molar-refractivity contribution in [3.63, 3.8) is 0 Å². The molecule has 0 aliphatic heterocycles. The number of nitrogens with one attached hydrogen (secondary N) is 3. The highest BCUT2D eigenvalue weighted by Crippen LogP contribution is 2.09. The summed E-state index contributed by atoms with van der Waals surface area (Å²) in [6.45, 7) is 1.12. The molecule has 154 valence electrons. The van der Waals surface area contributed by atoms with Crippen molar-refractivity contribution in [2.45, 2.75) is 19.4 Å². The Bertz CT molecular complexity index is 794. The average molecular weight is 399 g/mol. The summed E-state index contributed by atoms with van der Waals surface area (Å²) in [6.07, 6.45) is 0.211. The second-order valence-corrected chi connectivity index (χ2v) is 6.24. The van der Waals surface area contributed by atoms with Crippen molar-refractivity contribution in [1.29, 1.82) is 0 Å². The molecule has 8 nitrogen and oxygen atoms in total. The normalized spacial score (nSPS) is 10.1. The summed E-state index contributed by atoms with van der Waals surface area (Å²) in [6, 6.07) is 15.3. The third kappa shape index (κ3) is 8.79. The van der Waals surface area contributed by atoms with Crippen LogP contribution in [0, 0.1) is 0 Å². The Morgan fingerprint density at radius 1 is 0.828 bits per heavy atom. The van der Waals surface area contributed by atoms with Crippen molar-refractivity contribution >= 4 is 17.9 Å². The van der Waals surface area contributed by atoms with Crippen molar-refractivity contribution in [3.05, 3.63) is 65.7 Å². The van der Waals surface area contributed by atoms with Gasteiger partial charge in [-0.15, -0.1) is 0 Å². The van der Waals surface area contributed by atoms with Gasteiger partial charge in [0.05, 0.1) is 0 Å². The van der Waals surface area contributed by atoms with E-state index in [-0.39, 0.29) is 37.1 Å². The van der Waals surface area contributed by atoms with Gasteiger partial charge in [0, 0.05) is 31.6 Å². The molecule has 0 saturated heterocycles. The summed E-state index contributed by atoms with van der Waals surface area (Å²) in [5.74, 6) is -0.353. The molecule has 2 aromatic carbocycles. The van der Waals surface area contributed by atoms with E-state index in [4.69, 9.17) is 4.74 Å². The van der Waals surface area contributed by atoms with Crippen LogP contribution in [-0.4, -0.2) is 42.6 Å². The smallest absolute Gasteiger partial charge is 0.407 e. The number of carbonyl (C=O) groups excluding carboxylic acids is 3. The Hall–Kier alpha value is -3.55. The average Bonchev–Trinajstić information content (AvgIpc) is 2.74. The van der Waals surface area contributed by atoms with Gasteiger partial charge < -0.3 is 25.8 Å². The molecule has 0 heterocycles. The number of carbonyl (C=O) groups is 3. The zero-order valence-electron chi connectivity index (χ0n) is 16.0. The number of phenols is 1. The fraction of sp³-hybridized carbons (Fsp3) is 0.286. The maximum Gasteiger partial charge on any atom is 0.407 e. The van der Waals surface area contributed by atoms with Crippen LogP contribution in [0.25, 0.3) is 0 Å². The Morgan fingerprint density at radius 3 is 2.24 bits per heavy atom.